The first-order valence-corrected chi connectivity index (χ1v) is 11.7. The van der Waals surface area contributed by atoms with Crippen LogP contribution in [-0.4, -0.2) is 77.5 Å². The summed E-state index contributed by atoms with van der Waals surface area (Å²) < 4.78 is 30.7. The molecular weight excluding hydrogens is 434 g/mol. The first-order valence-electron chi connectivity index (χ1n) is 11.7. The lowest BCUT2D eigenvalue weighted by Crippen LogP contribution is -2.70. The van der Waals surface area contributed by atoms with Crippen LogP contribution < -0.4 is 5.32 Å². The number of hydrogen-bond acceptors (Lipinski definition) is 8. The van der Waals surface area contributed by atoms with Gasteiger partial charge in [-0.1, -0.05) is 20.8 Å². The van der Waals surface area contributed by atoms with E-state index in [0.717, 1.165) is 17.6 Å². The van der Waals surface area contributed by atoms with Crippen LogP contribution in [0.4, 0.5) is 4.79 Å². The fourth-order valence-electron chi connectivity index (χ4n) is 8.14. The van der Waals surface area contributed by atoms with E-state index in [1.165, 1.54) is 0 Å². The van der Waals surface area contributed by atoms with Crippen molar-refractivity contribution in [1.29, 1.82) is 0 Å². The summed E-state index contributed by atoms with van der Waals surface area (Å²) in [6, 6.07) is 0. The Labute approximate surface area is 189 Å². The summed E-state index contributed by atoms with van der Waals surface area (Å²) in [5.41, 5.74) is -0.719. The molecule has 3 aliphatic carbocycles. The summed E-state index contributed by atoms with van der Waals surface area (Å²) >= 11 is 0. The molecule has 1 amide bonds. The summed E-state index contributed by atoms with van der Waals surface area (Å²) in [7, 11) is 0. The van der Waals surface area contributed by atoms with E-state index in [9.17, 15) is 14.4 Å². The maximum absolute atomic E-state index is 12.6. The molecule has 2 spiro atoms. The monoisotopic (exact) mass is 461 g/mol. The molecule has 33 heavy (non-hydrogen) atoms. The average Bonchev–Trinajstić information content (AvgIpc) is 3.65. The van der Waals surface area contributed by atoms with Gasteiger partial charge < -0.3 is 34.1 Å². The molecule has 178 valence electrons. The summed E-state index contributed by atoms with van der Waals surface area (Å²) in [4.78, 5) is 35.8. The van der Waals surface area contributed by atoms with Crippen LogP contribution in [0.25, 0.3) is 0 Å². The van der Waals surface area contributed by atoms with E-state index < -0.39 is 41.5 Å². The molecule has 3 saturated heterocycles. The number of rotatable bonds is 4. The van der Waals surface area contributed by atoms with E-state index in [1.54, 1.807) is 0 Å². The van der Waals surface area contributed by atoms with Crippen molar-refractivity contribution < 1.29 is 43.2 Å². The number of nitrogens with one attached hydrogen (secondary N) is 1. The van der Waals surface area contributed by atoms with Gasteiger partial charge in [-0.2, -0.15) is 0 Å². The number of amides is 1. The first kappa shape index (κ1) is 20.2. The minimum Gasteiger partial charge on any atom is -0.480 e. The largest absolute Gasteiger partial charge is 0.480 e. The van der Waals surface area contributed by atoms with Crippen LogP contribution in [-0.2, 0) is 33.3 Å². The second-order valence-electron chi connectivity index (χ2n) is 11.0. The number of alkyl carbamates (subject to hydrolysis) is 1. The van der Waals surface area contributed by atoms with E-state index in [2.05, 4.69) is 12.2 Å². The van der Waals surface area contributed by atoms with Crippen LogP contribution in [0.5, 0.6) is 0 Å². The molecule has 4 aliphatic heterocycles. The van der Waals surface area contributed by atoms with E-state index >= 15 is 0 Å². The van der Waals surface area contributed by atoms with E-state index in [-0.39, 0.29) is 41.5 Å². The Hall–Kier alpha value is -2.17. The predicted molar refractivity (Wildman–Crippen MR) is 107 cm³/mol. The molecule has 0 aromatic carbocycles. The van der Waals surface area contributed by atoms with Gasteiger partial charge in [-0.25, -0.2) is 9.59 Å². The minimum atomic E-state index is -1.15. The Morgan fingerprint density at radius 2 is 2.03 bits per heavy atom. The number of ether oxygens (including phenoxy) is 5. The van der Waals surface area contributed by atoms with E-state index in [4.69, 9.17) is 28.8 Å². The van der Waals surface area contributed by atoms with Crippen molar-refractivity contribution in [3.05, 3.63) is 11.1 Å². The Morgan fingerprint density at radius 3 is 2.76 bits per heavy atom. The highest BCUT2D eigenvalue weighted by Crippen LogP contribution is 2.83. The molecule has 4 heterocycles. The van der Waals surface area contributed by atoms with Crippen molar-refractivity contribution in [3.63, 3.8) is 0 Å². The molecule has 0 aromatic heterocycles. The predicted octanol–water partition coefficient (Wildman–Crippen LogP) is 0.922. The SMILES string of the molecule is CC(C)[C@]12O[C@H]1[C@@H]1O[C@]13[C@]1(O[C@H]1C[C@H]1C4=C(CC[C@@]13C)C(=O)OC4)[C@@H]2OC(=O)NCC(=O)O. The summed E-state index contributed by atoms with van der Waals surface area (Å²) in [5.74, 6) is -1.24. The number of cyclic esters (lactones) is 1. The van der Waals surface area contributed by atoms with Crippen molar-refractivity contribution in [1.82, 2.24) is 5.32 Å². The fraction of sp³-hybridized carbons (Fsp3) is 0.783. The van der Waals surface area contributed by atoms with Gasteiger partial charge in [0, 0.05) is 11.0 Å². The Balaban J connectivity index is 1.29. The minimum absolute atomic E-state index is 0.0354. The number of esters is 1. The molecule has 7 rings (SSSR count). The van der Waals surface area contributed by atoms with Crippen LogP contribution in [0, 0.1) is 17.3 Å². The summed E-state index contributed by atoms with van der Waals surface area (Å²) in [6.07, 6.45) is -0.0463. The van der Waals surface area contributed by atoms with Gasteiger partial charge in [0.05, 0.1) is 6.10 Å². The van der Waals surface area contributed by atoms with Crippen molar-refractivity contribution in [3.8, 4) is 0 Å². The number of aliphatic carboxylic acids is 1. The highest BCUT2D eigenvalue weighted by molar-refractivity contribution is 5.92. The third-order valence-corrected chi connectivity index (χ3v) is 9.67. The maximum atomic E-state index is 12.6. The lowest BCUT2D eigenvalue weighted by molar-refractivity contribution is -0.137. The first-order chi connectivity index (χ1) is 15.6. The molecule has 2 saturated carbocycles. The van der Waals surface area contributed by atoms with Crippen molar-refractivity contribution in [2.45, 2.75) is 81.3 Å². The molecule has 0 bridgehead atoms. The summed E-state index contributed by atoms with van der Waals surface area (Å²) in [6.45, 7) is 6.05. The maximum Gasteiger partial charge on any atom is 0.408 e. The number of carbonyl (C=O) groups is 3. The van der Waals surface area contributed by atoms with Gasteiger partial charge in [0.15, 0.2) is 11.7 Å². The molecule has 10 nitrogen and oxygen atoms in total. The number of carboxylic acid groups (broad SMARTS) is 1. The summed E-state index contributed by atoms with van der Waals surface area (Å²) in [5, 5.41) is 11.2. The number of hydrogen-bond donors (Lipinski definition) is 2. The number of carbonyl (C=O) groups excluding carboxylic acids is 2. The van der Waals surface area contributed by atoms with Gasteiger partial charge in [-0.3, -0.25) is 4.79 Å². The second-order valence-corrected chi connectivity index (χ2v) is 11.0. The molecule has 10 heteroatoms. The number of carboxylic acids is 1. The van der Waals surface area contributed by atoms with Crippen molar-refractivity contribution >= 4 is 18.0 Å². The Morgan fingerprint density at radius 1 is 1.24 bits per heavy atom. The molecule has 0 radical (unpaired) electrons. The smallest absolute Gasteiger partial charge is 0.408 e. The second kappa shape index (κ2) is 5.72. The van der Waals surface area contributed by atoms with Crippen LogP contribution in [0.2, 0.25) is 0 Å². The van der Waals surface area contributed by atoms with Crippen molar-refractivity contribution in [2.24, 2.45) is 17.3 Å². The number of fused-ring (bicyclic) bond motifs is 4. The van der Waals surface area contributed by atoms with E-state index in [1.807, 2.05) is 13.8 Å². The normalized spacial score (nSPS) is 51.8. The third kappa shape index (κ3) is 2.02. The molecule has 9 atom stereocenters. The van der Waals surface area contributed by atoms with Crippen molar-refractivity contribution in [2.75, 3.05) is 13.2 Å². The zero-order valence-electron chi connectivity index (χ0n) is 18.7. The van der Waals surface area contributed by atoms with Crippen LogP contribution >= 0.6 is 0 Å². The van der Waals surface area contributed by atoms with Crippen LogP contribution in [0.3, 0.4) is 0 Å². The zero-order chi connectivity index (χ0) is 23.1. The highest BCUT2D eigenvalue weighted by Gasteiger charge is 3.01. The van der Waals surface area contributed by atoms with E-state index in [0.29, 0.717) is 19.4 Å². The van der Waals surface area contributed by atoms with Gasteiger partial charge in [0.25, 0.3) is 0 Å². The molecule has 7 aliphatic rings. The molecule has 0 aromatic rings. The topological polar surface area (TPSA) is 140 Å². The molecule has 0 unspecified atom stereocenters. The highest BCUT2D eigenvalue weighted by atomic mass is 16.8. The van der Waals surface area contributed by atoms with Crippen LogP contribution in [0.1, 0.15) is 40.0 Å². The van der Waals surface area contributed by atoms with Gasteiger partial charge >= 0.3 is 18.0 Å². The van der Waals surface area contributed by atoms with Gasteiger partial charge in [0.2, 0.25) is 0 Å². The quantitative estimate of drug-likeness (QED) is 0.462. The fourth-order valence-corrected chi connectivity index (χ4v) is 8.14. The lowest BCUT2D eigenvalue weighted by Gasteiger charge is -2.53. The molecular formula is C23H27NO9. The molecule has 5 fully saturated rings. The Kier molecular flexibility index (Phi) is 3.51. The van der Waals surface area contributed by atoms with Crippen LogP contribution in [0.15, 0.2) is 11.1 Å². The molecule has 2 N–H and O–H groups in total. The Bertz CT molecular complexity index is 1050. The number of epoxide rings is 3. The van der Waals surface area contributed by atoms with Gasteiger partial charge in [0.1, 0.15) is 36.6 Å². The zero-order valence-corrected chi connectivity index (χ0v) is 18.7. The lowest BCUT2D eigenvalue weighted by atomic mass is 9.46. The third-order valence-electron chi connectivity index (χ3n) is 9.67. The standard InChI is InChI=1S/C23H27NO9/c1-9(2)21-15(32-21)16-23(33-16)20(3)5-4-10-11(8-29-17(10)27)12(20)6-13-22(23,31-13)18(21)30-19(28)24-7-14(25)26/h9,12-13,15-16,18H,4-8H2,1-3H3,(H,24,28)(H,25,26)/t12-,13-,15-,16-,18+,20-,21-,22+,23+/m0/s1. The van der Waals surface area contributed by atoms with Gasteiger partial charge in [-0.05, 0) is 36.7 Å². The van der Waals surface area contributed by atoms with Gasteiger partial charge in [-0.15, -0.1) is 0 Å². The average molecular weight is 461 g/mol.